The van der Waals surface area contributed by atoms with Gasteiger partial charge in [-0.05, 0) is 62.9 Å². The molecule has 1 aromatic heterocycles. The predicted molar refractivity (Wildman–Crippen MR) is 115 cm³/mol. The molecule has 0 atom stereocenters. The van der Waals surface area contributed by atoms with Crippen LogP contribution in [0.5, 0.6) is 0 Å². The van der Waals surface area contributed by atoms with Crippen LogP contribution in [0.4, 0.5) is 5.69 Å². The monoisotopic (exact) mass is 392 g/mol. The summed E-state index contributed by atoms with van der Waals surface area (Å²) in [6, 6.07) is 9.64. The summed E-state index contributed by atoms with van der Waals surface area (Å²) in [4.78, 5) is 24.6. The number of carbonyl (C=O) groups excluding carboxylic acids is 2. The lowest BCUT2D eigenvalue weighted by Gasteiger charge is -2.11. The minimum Gasteiger partial charge on any atom is -0.349 e. The predicted octanol–water partition coefficient (Wildman–Crippen LogP) is 3.79. The smallest absolute Gasteiger partial charge is 0.262 e. The molecular weight excluding hydrogens is 364 g/mol. The Morgan fingerprint density at radius 2 is 1.83 bits per heavy atom. The van der Waals surface area contributed by atoms with E-state index < -0.39 is 5.91 Å². The Kier molecular flexibility index (Phi) is 7.38. The number of nitrogens with one attached hydrogen (secondary N) is 2. The molecule has 2 rings (SSSR count). The van der Waals surface area contributed by atoms with Gasteiger partial charge in [-0.15, -0.1) is 0 Å². The summed E-state index contributed by atoms with van der Waals surface area (Å²) in [5, 5.41) is 14.8. The highest BCUT2D eigenvalue weighted by molar-refractivity contribution is 6.04. The summed E-state index contributed by atoms with van der Waals surface area (Å²) in [6.07, 6.45) is 2.58. The molecule has 0 bridgehead atoms. The Labute approximate surface area is 172 Å². The molecule has 0 aliphatic carbocycles. The topological polar surface area (TPSA) is 86.9 Å². The van der Waals surface area contributed by atoms with Gasteiger partial charge in [-0.25, -0.2) is 0 Å². The first-order valence-electron chi connectivity index (χ1n) is 9.71. The van der Waals surface area contributed by atoms with Gasteiger partial charge in [0.2, 0.25) is 5.91 Å². The molecule has 2 N–H and O–H groups in total. The number of carbonyl (C=O) groups is 2. The van der Waals surface area contributed by atoms with Crippen molar-refractivity contribution in [2.75, 3.05) is 11.9 Å². The normalized spacial score (nSPS) is 11.1. The number of nitriles is 1. The van der Waals surface area contributed by atoms with Crippen molar-refractivity contribution in [2.24, 2.45) is 0 Å². The number of para-hydroxylation sites is 1. The molecule has 0 saturated heterocycles. The molecule has 0 fully saturated rings. The molecule has 6 nitrogen and oxygen atoms in total. The Morgan fingerprint density at radius 1 is 1.17 bits per heavy atom. The number of hydrogen-bond acceptors (Lipinski definition) is 3. The Morgan fingerprint density at radius 3 is 2.41 bits per heavy atom. The molecule has 2 aromatic rings. The largest absolute Gasteiger partial charge is 0.349 e. The van der Waals surface area contributed by atoms with E-state index in [1.54, 1.807) is 6.08 Å². The maximum absolute atomic E-state index is 12.4. The number of hydrogen-bond donors (Lipinski definition) is 2. The standard InChI is InChI=1S/C23H28N4O2/c1-6-10-27-17(4)11-19(18(27)5)12-20(13-24)23(29)25-14-21(28)26-22-15(2)8-7-9-16(22)3/h7-9,11-12H,6,10,14H2,1-5H3,(H,25,29)(H,26,28)/b20-12-. The van der Waals surface area contributed by atoms with E-state index in [4.69, 9.17) is 0 Å². The minimum absolute atomic E-state index is 0.0263. The van der Waals surface area contributed by atoms with Crippen LogP contribution in [0.15, 0.2) is 29.8 Å². The fraction of sp³-hybridized carbons (Fsp3) is 0.348. The second-order valence-electron chi connectivity index (χ2n) is 7.15. The summed E-state index contributed by atoms with van der Waals surface area (Å²) in [7, 11) is 0. The van der Waals surface area contributed by atoms with E-state index in [0.717, 1.165) is 46.7 Å². The van der Waals surface area contributed by atoms with Crippen molar-refractivity contribution in [2.45, 2.75) is 47.6 Å². The third kappa shape index (κ3) is 5.35. The summed E-state index contributed by atoms with van der Waals surface area (Å²) in [6.45, 7) is 10.6. The number of aryl methyl sites for hydroxylation is 3. The Balaban J connectivity index is 2.07. The van der Waals surface area contributed by atoms with Crippen molar-refractivity contribution in [3.63, 3.8) is 0 Å². The fourth-order valence-electron chi connectivity index (χ4n) is 3.30. The molecular formula is C23H28N4O2. The van der Waals surface area contributed by atoms with Gasteiger partial charge in [-0.2, -0.15) is 5.26 Å². The van der Waals surface area contributed by atoms with Crippen molar-refractivity contribution < 1.29 is 9.59 Å². The lowest BCUT2D eigenvalue weighted by Crippen LogP contribution is -2.33. The third-order valence-corrected chi connectivity index (χ3v) is 4.88. The summed E-state index contributed by atoms with van der Waals surface area (Å²) >= 11 is 0. The molecule has 6 heteroatoms. The molecule has 1 heterocycles. The van der Waals surface area contributed by atoms with Gasteiger partial charge < -0.3 is 15.2 Å². The second-order valence-corrected chi connectivity index (χ2v) is 7.15. The lowest BCUT2D eigenvalue weighted by molar-refractivity contribution is -0.121. The summed E-state index contributed by atoms with van der Waals surface area (Å²) in [5.41, 5.74) is 5.55. The van der Waals surface area contributed by atoms with E-state index in [1.165, 1.54) is 0 Å². The van der Waals surface area contributed by atoms with E-state index in [-0.39, 0.29) is 18.0 Å². The number of rotatable bonds is 7. The number of nitrogens with zero attached hydrogens (tertiary/aromatic N) is 2. The van der Waals surface area contributed by atoms with Crippen molar-refractivity contribution in [3.05, 3.63) is 57.9 Å². The van der Waals surface area contributed by atoms with Crippen LogP contribution in [0.1, 0.15) is 41.4 Å². The first kappa shape index (κ1) is 22.0. The van der Waals surface area contributed by atoms with E-state index in [9.17, 15) is 14.9 Å². The zero-order chi connectivity index (χ0) is 21.6. The van der Waals surface area contributed by atoms with Gasteiger partial charge in [-0.1, -0.05) is 25.1 Å². The van der Waals surface area contributed by atoms with Crippen molar-refractivity contribution in [1.29, 1.82) is 5.26 Å². The van der Waals surface area contributed by atoms with Gasteiger partial charge in [0.15, 0.2) is 0 Å². The SMILES string of the molecule is CCCn1c(C)cc(/C=C(/C#N)C(=O)NCC(=O)Nc2c(C)cccc2C)c1C. The zero-order valence-corrected chi connectivity index (χ0v) is 17.7. The van der Waals surface area contributed by atoms with E-state index >= 15 is 0 Å². The van der Waals surface area contributed by atoms with Crippen LogP contribution < -0.4 is 10.6 Å². The number of amides is 2. The van der Waals surface area contributed by atoms with E-state index in [0.29, 0.717) is 0 Å². The van der Waals surface area contributed by atoms with Crippen LogP contribution in [-0.2, 0) is 16.1 Å². The molecule has 2 amide bonds. The number of benzene rings is 1. The van der Waals surface area contributed by atoms with Crippen LogP contribution in [0.2, 0.25) is 0 Å². The van der Waals surface area contributed by atoms with Crippen LogP contribution in [-0.4, -0.2) is 22.9 Å². The highest BCUT2D eigenvalue weighted by Gasteiger charge is 2.14. The van der Waals surface area contributed by atoms with Gasteiger partial charge in [0.05, 0.1) is 6.54 Å². The third-order valence-electron chi connectivity index (χ3n) is 4.88. The number of anilines is 1. The lowest BCUT2D eigenvalue weighted by atomic mass is 10.1. The Bertz CT molecular complexity index is 973. The molecule has 29 heavy (non-hydrogen) atoms. The van der Waals surface area contributed by atoms with Gasteiger partial charge in [0.25, 0.3) is 5.91 Å². The number of aromatic nitrogens is 1. The molecule has 0 spiro atoms. The molecule has 0 unspecified atom stereocenters. The highest BCUT2D eigenvalue weighted by atomic mass is 16.2. The van der Waals surface area contributed by atoms with E-state index in [2.05, 4.69) is 22.1 Å². The summed E-state index contributed by atoms with van der Waals surface area (Å²) in [5.74, 6) is -0.904. The summed E-state index contributed by atoms with van der Waals surface area (Å²) < 4.78 is 2.16. The van der Waals surface area contributed by atoms with Gasteiger partial charge >= 0.3 is 0 Å². The average Bonchev–Trinajstić information content (AvgIpc) is 2.95. The quantitative estimate of drug-likeness (QED) is 0.555. The molecule has 0 saturated carbocycles. The fourth-order valence-corrected chi connectivity index (χ4v) is 3.30. The van der Waals surface area contributed by atoms with Crippen LogP contribution in [0.25, 0.3) is 6.08 Å². The van der Waals surface area contributed by atoms with Crippen LogP contribution >= 0.6 is 0 Å². The van der Waals surface area contributed by atoms with Crippen molar-refractivity contribution >= 4 is 23.6 Å². The van der Waals surface area contributed by atoms with Crippen molar-refractivity contribution in [1.82, 2.24) is 9.88 Å². The van der Waals surface area contributed by atoms with E-state index in [1.807, 2.05) is 58.0 Å². The van der Waals surface area contributed by atoms with Gasteiger partial charge in [0, 0.05) is 23.6 Å². The average molecular weight is 393 g/mol. The highest BCUT2D eigenvalue weighted by Crippen LogP contribution is 2.20. The molecule has 0 aliphatic rings. The molecule has 0 aliphatic heterocycles. The zero-order valence-electron chi connectivity index (χ0n) is 17.7. The minimum atomic E-state index is -0.565. The molecule has 0 radical (unpaired) electrons. The first-order valence-corrected chi connectivity index (χ1v) is 9.71. The van der Waals surface area contributed by atoms with Crippen LogP contribution in [0, 0.1) is 39.0 Å². The molecule has 1 aromatic carbocycles. The second kappa shape index (κ2) is 9.74. The maximum atomic E-state index is 12.4. The Hall–Kier alpha value is -3.33. The van der Waals surface area contributed by atoms with Crippen LogP contribution in [0.3, 0.4) is 0 Å². The van der Waals surface area contributed by atoms with Gasteiger partial charge in [0.1, 0.15) is 11.6 Å². The van der Waals surface area contributed by atoms with Gasteiger partial charge in [-0.3, -0.25) is 9.59 Å². The first-order chi connectivity index (χ1) is 13.8. The maximum Gasteiger partial charge on any atom is 0.262 e. The van der Waals surface area contributed by atoms with Crippen molar-refractivity contribution in [3.8, 4) is 6.07 Å². The molecule has 152 valence electrons.